The number of halogens is 2. The van der Waals surface area contributed by atoms with Crippen molar-refractivity contribution in [3.63, 3.8) is 0 Å². The van der Waals surface area contributed by atoms with Crippen LogP contribution < -0.4 is 14.8 Å². The Morgan fingerprint density at radius 3 is 2.61 bits per heavy atom. The Hall–Kier alpha value is -3.40. The molecule has 7 nitrogen and oxygen atoms in total. The van der Waals surface area contributed by atoms with Crippen LogP contribution in [0.3, 0.4) is 0 Å². The number of hydrogen-bond donors (Lipinski definition) is 1. The first-order valence-corrected chi connectivity index (χ1v) is 10.9. The molecule has 3 amide bonds. The van der Waals surface area contributed by atoms with Gasteiger partial charge in [0.15, 0.2) is 11.5 Å². The van der Waals surface area contributed by atoms with Gasteiger partial charge in [0.05, 0.1) is 12.0 Å². The van der Waals surface area contributed by atoms with Gasteiger partial charge in [-0.05, 0) is 47.5 Å². The summed E-state index contributed by atoms with van der Waals surface area (Å²) < 4.78 is 34.4. The van der Waals surface area contributed by atoms with Gasteiger partial charge < -0.3 is 14.8 Å². The van der Waals surface area contributed by atoms with Crippen LogP contribution >= 0.6 is 11.8 Å². The summed E-state index contributed by atoms with van der Waals surface area (Å²) >= 11 is 0.765. The van der Waals surface area contributed by atoms with E-state index >= 15 is 0 Å². The highest BCUT2D eigenvalue weighted by Gasteiger charge is 2.34. The van der Waals surface area contributed by atoms with Crippen molar-refractivity contribution in [3.05, 3.63) is 64.6 Å². The zero-order valence-electron chi connectivity index (χ0n) is 17.8. The average Bonchev–Trinajstić information content (AvgIpc) is 3.06. The minimum absolute atomic E-state index is 0.0452. The van der Waals surface area contributed by atoms with Crippen LogP contribution in [0, 0.1) is 0 Å². The molecule has 3 rings (SSSR count). The quantitative estimate of drug-likeness (QED) is 0.520. The predicted molar refractivity (Wildman–Crippen MR) is 120 cm³/mol. The van der Waals surface area contributed by atoms with Crippen LogP contribution in [0.25, 0.3) is 6.08 Å². The number of ether oxygens (including phenoxy) is 2. The smallest absolute Gasteiger partial charge is 0.387 e. The summed E-state index contributed by atoms with van der Waals surface area (Å²) in [7, 11) is 1.31. The molecular formula is C23H22F2N2O5S. The second-order valence-electron chi connectivity index (χ2n) is 6.96. The second kappa shape index (κ2) is 11.5. The number of carbonyl (C=O) groups is 3. The fourth-order valence-electron chi connectivity index (χ4n) is 3.11. The highest BCUT2D eigenvalue weighted by atomic mass is 32.2. The highest BCUT2D eigenvalue weighted by Crippen LogP contribution is 2.34. The molecule has 1 N–H and O–H groups in total. The van der Waals surface area contributed by atoms with Crippen LogP contribution in [0.4, 0.5) is 13.6 Å². The molecule has 1 aliphatic rings. The summed E-state index contributed by atoms with van der Waals surface area (Å²) in [6.07, 6.45) is 2.37. The molecule has 10 heteroatoms. The summed E-state index contributed by atoms with van der Waals surface area (Å²) in [6.45, 7) is -2.81. The van der Waals surface area contributed by atoms with Gasteiger partial charge in [-0.25, -0.2) is 0 Å². The Morgan fingerprint density at radius 2 is 1.91 bits per heavy atom. The SMILES string of the molecule is COc1cc(/C=C2\SC(=O)N(CCNC(=O)CCc3ccccc3)C2=O)ccc1OC(F)F. The molecule has 0 spiro atoms. The molecule has 0 bridgehead atoms. The first-order chi connectivity index (χ1) is 15.9. The van der Waals surface area contributed by atoms with E-state index < -0.39 is 17.8 Å². The Kier molecular flexibility index (Phi) is 8.42. The zero-order valence-corrected chi connectivity index (χ0v) is 18.6. The molecule has 1 saturated heterocycles. The Labute approximate surface area is 193 Å². The van der Waals surface area contributed by atoms with Gasteiger partial charge >= 0.3 is 6.61 Å². The maximum absolute atomic E-state index is 12.6. The number of nitrogens with zero attached hydrogens (tertiary/aromatic N) is 1. The minimum Gasteiger partial charge on any atom is -0.493 e. The van der Waals surface area contributed by atoms with Gasteiger partial charge in [-0.3, -0.25) is 19.3 Å². The molecule has 0 unspecified atom stereocenters. The van der Waals surface area contributed by atoms with Gasteiger partial charge in [-0.15, -0.1) is 0 Å². The van der Waals surface area contributed by atoms with E-state index in [4.69, 9.17) is 4.74 Å². The van der Waals surface area contributed by atoms with E-state index in [1.807, 2.05) is 30.3 Å². The van der Waals surface area contributed by atoms with E-state index in [1.54, 1.807) is 0 Å². The van der Waals surface area contributed by atoms with Crippen LogP contribution in [0.1, 0.15) is 17.5 Å². The molecule has 1 heterocycles. The highest BCUT2D eigenvalue weighted by molar-refractivity contribution is 8.18. The number of nitrogens with one attached hydrogen (secondary N) is 1. The third-order valence-electron chi connectivity index (χ3n) is 4.72. The number of carbonyl (C=O) groups excluding carboxylic acids is 3. The normalized spacial score (nSPS) is 14.8. The van der Waals surface area contributed by atoms with E-state index in [1.165, 1.54) is 31.4 Å². The number of aryl methyl sites for hydroxylation is 1. The fraction of sp³-hybridized carbons (Fsp3) is 0.261. The topological polar surface area (TPSA) is 84.9 Å². The summed E-state index contributed by atoms with van der Waals surface area (Å²) in [4.78, 5) is 38.1. The number of rotatable bonds is 10. The zero-order chi connectivity index (χ0) is 23.8. The lowest BCUT2D eigenvalue weighted by Gasteiger charge is -2.13. The lowest BCUT2D eigenvalue weighted by Crippen LogP contribution is -2.37. The molecule has 33 heavy (non-hydrogen) atoms. The van der Waals surface area contributed by atoms with Crippen molar-refractivity contribution in [2.45, 2.75) is 19.5 Å². The van der Waals surface area contributed by atoms with Crippen LogP contribution in [0.5, 0.6) is 11.5 Å². The maximum Gasteiger partial charge on any atom is 0.387 e. The summed E-state index contributed by atoms with van der Waals surface area (Å²) in [5.41, 5.74) is 1.53. The molecule has 0 saturated carbocycles. The predicted octanol–water partition coefficient (Wildman–Crippen LogP) is 4.08. The number of thioether (sulfide) groups is 1. The lowest BCUT2D eigenvalue weighted by atomic mass is 10.1. The summed E-state index contributed by atoms with van der Waals surface area (Å²) in [6, 6.07) is 13.8. The Balaban J connectivity index is 1.54. The Bertz CT molecular complexity index is 1050. The largest absolute Gasteiger partial charge is 0.493 e. The van der Waals surface area contributed by atoms with Crippen molar-refractivity contribution in [1.82, 2.24) is 10.2 Å². The van der Waals surface area contributed by atoms with Crippen molar-refractivity contribution in [2.24, 2.45) is 0 Å². The molecule has 0 radical (unpaired) electrons. The first kappa shape index (κ1) is 24.2. The van der Waals surface area contributed by atoms with Crippen molar-refractivity contribution >= 4 is 34.9 Å². The second-order valence-corrected chi connectivity index (χ2v) is 7.95. The molecule has 2 aromatic carbocycles. The van der Waals surface area contributed by atoms with E-state index in [-0.39, 0.29) is 35.4 Å². The molecular weight excluding hydrogens is 454 g/mol. The van der Waals surface area contributed by atoms with Crippen molar-refractivity contribution in [1.29, 1.82) is 0 Å². The molecule has 174 valence electrons. The molecule has 2 aromatic rings. The van der Waals surface area contributed by atoms with Gasteiger partial charge in [0.2, 0.25) is 5.91 Å². The number of hydrogen-bond acceptors (Lipinski definition) is 6. The molecule has 0 aromatic heterocycles. The first-order valence-electron chi connectivity index (χ1n) is 10.1. The minimum atomic E-state index is -3.00. The van der Waals surface area contributed by atoms with Crippen LogP contribution in [0.2, 0.25) is 0 Å². The Morgan fingerprint density at radius 1 is 1.15 bits per heavy atom. The summed E-state index contributed by atoms with van der Waals surface area (Å²) in [5, 5.41) is 2.27. The van der Waals surface area contributed by atoms with E-state index in [2.05, 4.69) is 10.1 Å². The van der Waals surface area contributed by atoms with E-state index in [9.17, 15) is 23.2 Å². The maximum atomic E-state index is 12.6. The number of benzene rings is 2. The number of alkyl halides is 2. The lowest BCUT2D eigenvalue weighted by molar-refractivity contribution is -0.124. The third-order valence-corrected chi connectivity index (χ3v) is 5.62. The number of amides is 3. The monoisotopic (exact) mass is 476 g/mol. The van der Waals surface area contributed by atoms with Crippen molar-refractivity contribution in [2.75, 3.05) is 20.2 Å². The summed E-state index contributed by atoms with van der Waals surface area (Å²) in [5.74, 6) is -0.725. The molecule has 0 aliphatic carbocycles. The van der Waals surface area contributed by atoms with Crippen LogP contribution in [-0.2, 0) is 16.0 Å². The van der Waals surface area contributed by atoms with Gasteiger partial charge in [0.25, 0.3) is 11.1 Å². The molecule has 0 atom stereocenters. The van der Waals surface area contributed by atoms with E-state index in [0.29, 0.717) is 18.4 Å². The van der Waals surface area contributed by atoms with Crippen LogP contribution in [0.15, 0.2) is 53.4 Å². The van der Waals surface area contributed by atoms with Crippen molar-refractivity contribution < 1.29 is 32.6 Å². The van der Waals surface area contributed by atoms with Gasteiger partial charge in [0, 0.05) is 19.5 Å². The number of methoxy groups -OCH3 is 1. The van der Waals surface area contributed by atoms with Gasteiger partial charge in [-0.2, -0.15) is 8.78 Å². The van der Waals surface area contributed by atoms with E-state index in [0.717, 1.165) is 22.2 Å². The van der Waals surface area contributed by atoms with Crippen LogP contribution in [-0.4, -0.2) is 48.8 Å². The third kappa shape index (κ3) is 6.79. The fourth-order valence-corrected chi connectivity index (χ4v) is 3.97. The van der Waals surface area contributed by atoms with Gasteiger partial charge in [0.1, 0.15) is 0 Å². The molecule has 1 fully saturated rings. The van der Waals surface area contributed by atoms with Gasteiger partial charge in [-0.1, -0.05) is 36.4 Å². The standard InChI is InChI=1S/C23H22F2N2O5S/c1-31-18-13-16(7-9-17(18)32-22(24)25)14-19-21(29)27(23(30)33-19)12-11-26-20(28)10-8-15-5-3-2-4-6-15/h2-7,9,13-14,22H,8,10-12H2,1H3,(H,26,28)/b19-14-. The van der Waals surface area contributed by atoms with Crippen molar-refractivity contribution in [3.8, 4) is 11.5 Å². The molecule has 1 aliphatic heterocycles. The number of imide groups is 1. The average molecular weight is 477 g/mol.